The van der Waals surface area contributed by atoms with Crippen LogP contribution >= 0.6 is 0 Å². The summed E-state index contributed by atoms with van der Waals surface area (Å²) < 4.78 is 0. The van der Waals surface area contributed by atoms with Crippen molar-refractivity contribution in [3.05, 3.63) is 35.9 Å². The second-order valence-corrected chi connectivity index (χ2v) is 5.59. The molecule has 3 nitrogen and oxygen atoms in total. The van der Waals surface area contributed by atoms with Crippen molar-refractivity contribution in [2.75, 3.05) is 19.7 Å². The van der Waals surface area contributed by atoms with Crippen LogP contribution in [0.25, 0.3) is 0 Å². The maximum Gasteiger partial charge on any atom is 0.0599 e. The van der Waals surface area contributed by atoms with Crippen LogP contribution in [0.5, 0.6) is 0 Å². The smallest absolute Gasteiger partial charge is 0.0599 e. The predicted octanol–water partition coefficient (Wildman–Crippen LogP) is 1.66. The van der Waals surface area contributed by atoms with Crippen LogP contribution in [-0.2, 0) is 6.42 Å². The van der Waals surface area contributed by atoms with Gasteiger partial charge in [0.2, 0.25) is 0 Å². The number of nitrogens with one attached hydrogen (secondary N) is 1. The molecule has 3 unspecified atom stereocenters. The lowest BCUT2D eigenvalue weighted by molar-refractivity contribution is 0.0493. The first-order chi connectivity index (χ1) is 9.24. The topological polar surface area (TPSA) is 35.5 Å². The highest BCUT2D eigenvalue weighted by Crippen LogP contribution is 2.16. The monoisotopic (exact) mass is 262 g/mol. The molecule has 2 N–H and O–H groups in total. The molecular formula is C16H26N2O. The molecule has 1 saturated heterocycles. The van der Waals surface area contributed by atoms with Gasteiger partial charge in [-0.05, 0) is 25.3 Å². The van der Waals surface area contributed by atoms with Crippen molar-refractivity contribution in [1.29, 1.82) is 0 Å². The molecule has 3 heteroatoms. The van der Waals surface area contributed by atoms with Gasteiger partial charge in [0.1, 0.15) is 0 Å². The highest BCUT2D eigenvalue weighted by Gasteiger charge is 2.29. The highest BCUT2D eigenvalue weighted by atomic mass is 16.3. The van der Waals surface area contributed by atoms with Crippen molar-refractivity contribution in [1.82, 2.24) is 10.2 Å². The molecule has 1 aromatic carbocycles. The van der Waals surface area contributed by atoms with Gasteiger partial charge in [0.15, 0.2) is 0 Å². The molecule has 19 heavy (non-hydrogen) atoms. The van der Waals surface area contributed by atoms with E-state index in [0.717, 1.165) is 25.9 Å². The SMILES string of the molecule is CCC(C)N1CC(Cc2ccccc2)NCC1CO. The molecule has 0 aliphatic carbocycles. The van der Waals surface area contributed by atoms with E-state index in [2.05, 4.69) is 54.4 Å². The Morgan fingerprint density at radius 2 is 2.11 bits per heavy atom. The number of aliphatic hydroxyl groups excluding tert-OH is 1. The van der Waals surface area contributed by atoms with E-state index in [1.165, 1.54) is 5.56 Å². The van der Waals surface area contributed by atoms with Gasteiger partial charge < -0.3 is 10.4 Å². The normalized spacial score (nSPS) is 26.3. The fraction of sp³-hybridized carbons (Fsp3) is 0.625. The van der Waals surface area contributed by atoms with Gasteiger partial charge in [0.25, 0.3) is 0 Å². The Morgan fingerprint density at radius 3 is 2.74 bits per heavy atom. The summed E-state index contributed by atoms with van der Waals surface area (Å²) in [5.41, 5.74) is 1.38. The Kier molecular flexibility index (Phi) is 5.37. The van der Waals surface area contributed by atoms with Crippen LogP contribution in [0.4, 0.5) is 0 Å². The molecule has 0 spiro atoms. The minimum Gasteiger partial charge on any atom is -0.395 e. The quantitative estimate of drug-likeness (QED) is 0.847. The van der Waals surface area contributed by atoms with Crippen LogP contribution in [0, 0.1) is 0 Å². The Bertz CT molecular complexity index is 368. The largest absolute Gasteiger partial charge is 0.395 e. The first-order valence-corrected chi connectivity index (χ1v) is 7.38. The van der Waals surface area contributed by atoms with E-state index >= 15 is 0 Å². The highest BCUT2D eigenvalue weighted by molar-refractivity contribution is 5.16. The zero-order chi connectivity index (χ0) is 13.7. The van der Waals surface area contributed by atoms with Crippen molar-refractivity contribution >= 4 is 0 Å². The standard InChI is InChI=1S/C16H26N2O/c1-3-13(2)18-11-15(17-10-16(18)12-19)9-14-7-5-4-6-8-14/h4-8,13,15-17,19H,3,9-12H2,1-2H3. The number of piperazine rings is 1. The minimum absolute atomic E-state index is 0.245. The van der Waals surface area contributed by atoms with Gasteiger partial charge in [0.05, 0.1) is 6.61 Å². The van der Waals surface area contributed by atoms with Crippen molar-refractivity contribution in [2.45, 2.75) is 44.8 Å². The maximum absolute atomic E-state index is 9.50. The lowest BCUT2D eigenvalue weighted by Gasteiger charge is -2.43. The van der Waals surface area contributed by atoms with Crippen LogP contribution < -0.4 is 5.32 Å². The number of benzene rings is 1. The van der Waals surface area contributed by atoms with Crippen LogP contribution in [0.2, 0.25) is 0 Å². The molecule has 2 rings (SSSR count). The van der Waals surface area contributed by atoms with Gasteiger partial charge in [0, 0.05) is 31.2 Å². The third-order valence-corrected chi connectivity index (χ3v) is 4.24. The van der Waals surface area contributed by atoms with E-state index in [-0.39, 0.29) is 12.6 Å². The lowest BCUT2D eigenvalue weighted by Crippen LogP contribution is -2.60. The van der Waals surface area contributed by atoms with Crippen LogP contribution in [-0.4, -0.2) is 47.8 Å². The summed E-state index contributed by atoms with van der Waals surface area (Å²) >= 11 is 0. The summed E-state index contributed by atoms with van der Waals surface area (Å²) in [6, 6.07) is 11.9. The zero-order valence-electron chi connectivity index (χ0n) is 12.0. The third-order valence-electron chi connectivity index (χ3n) is 4.24. The summed E-state index contributed by atoms with van der Waals surface area (Å²) in [5.74, 6) is 0. The molecule has 106 valence electrons. The van der Waals surface area contributed by atoms with Crippen LogP contribution in [0.1, 0.15) is 25.8 Å². The molecule has 1 fully saturated rings. The molecule has 1 aliphatic rings. The van der Waals surface area contributed by atoms with Gasteiger partial charge in [-0.25, -0.2) is 0 Å². The molecule has 0 bridgehead atoms. The summed E-state index contributed by atoms with van der Waals surface area (Å²) in [7, 11) is 0. The summed E-state index contributed by atoms with van der Waals surface area (Å²) in [6.45, 7) is 6.63. The lowest BCUT2D eigenvalue weighted by atomic mass is 10.00. The fourth-order valence-corrected chi connectivity index (χ4v) is 2.87. The van der Waals surface area contributed by atoms with Gasteiger partial charge in [-0.3, -0.25) is 4.90 Å². The average molecular weight is 262 g/mol. The van der Waals surface area contributed by atoms with Crippen molar-refractivity contribution in [3.63, 3.8) is 0 Å². The molecule has 0 saturated carbocycles. The van der Waals surface area contributed by atoms with Gasteiger partial charge in [-0.15, -0.1) is 0 Å². The fourth-order valence-electron chi connectivity index (χ4n) is 2.87. The number of nitrogens with zero attached hydrogens (tertiary/aromatic N) is 1. The summed E-state index contributed by atoms with van der Waals surface area (Å²) in [5, 5.41) is 13.1. The second-order valence-electron chi connectivity index (χ2n) is 5.59. The second kappa shape index (κ2) is 7.04. The van der Waals surface area contributed by atoms with E-state index < -0.39 is 0 Å². The molecule has 0 aromatic heterocycles. The number of hydrogen-bond acceptors (Lipinski definition) is 3. The number of rotatable bonds is 5. The van der Waals surface area contributed by atoms with Crippen LogP contribution in [0.15, 0.2) is 30.3 Å². The van der Waals surface area contributed by atoms with Gasteiger partial charge in [-0.1, -0.05) is 37.3 Å². The van der Waals surface area contributed by atoms with E-state index in [9.17, 15) is 5.11 Å². The molecular weight excluding hydrogens is 236 g/mol. The molecule has 1 aliphatic heterocycles. The van der Waals surface area contributed by atoms with E-state index in [1.54, 1.807) is 0 Å². The Hall–Kier alpha value is -0.900. The molecule has 1 aromatic rings. The Labute approximate surface area is 116 Å². The Morgan fingerprint density at radius 1 is 1.37 bits per heavy atom. The summed E-state index contributed by atoms with van der Waals surface area (Å²) in [4.78, 5) is 2.46. The van der Waals surface area contributed by atoms with Gasteiger partial charge >= 0.3 is 0 Å². The van der Waals surface area contributed by atoms with Gasteiger partial charge in [-0.2, -0.15) is 0 Å². The maximum atomic E-state index is 9.50. The van der Waals surface area contributed by atoms with E-state index in [1.807, 2.05) is 0 Å². The van der Waals surface area contributed by atoms with Crippen molar-refractivity contribution in [2.24, 2.45) is 0 Å². The van der Waals surface area contributed by atoms with Crippen molar-refractivity contribution < 1.29 is 5.11 Å². The third kappa shape index (κ3) is 3.78. The minimum atomic E-state index is 0.245. The van der Waals surface area contributed by atoms with Crippen LogP contribution in [0.3, 0.4) is 0 Å². The number of aliphatic hydroxyl groups is 1. The van der Waals surface area contributed by atoms with E-state index in [4.69, 9.17) is 0 Å². The van der Waals surface area contributed by atoms with Crippen molar-refractivity contribution in [3.8, 4) is 0 Å². The molecule has 3 atom stereocenters. The first-order valence-electron chi connectivity index (χ1n) is 7.38. The zero-order valence-corrected chi connectivity index (χ0v) is 12.0. The molecule has 0 amide bonds. The van der Waals surface area contributed by atoms with E-state index in [0.29, 0.717) is 12.1 Å². The molecule has 1 heterocycles. The number of hydrogen-bond donors (Lipinski definition) is 2. The predicted molar refractivity (Wildman–Crippen MR) is 79.3 cm³/mol. The summed E-state index contributed by atoms with van der Waals surface area (Å²) in [6.07, 6.45) is 2.19. The molecule has 0 radical (unpaired) electrons. The average Bonchev–Trinajstić information content (AvgIpc) is 2.47. The first kappa shape index (κ1) is 14.5. The Balaban J connectivity index is 1.97.